The molecule has 0 atom stereocenters. The second kappa shape index (κ2) is 5.01. The maximum Gasteiger partial charge on any atom is 0.343 e. The number of rotatable bonds is 2. The summed E-state index contributed by atoms with van der Waals surface area (Å²) in [5.41, 5.74) is 0.121. The molecule has 0 radical (unpaired) electrons. The monoisotopic (exact) mass is 264 g/mol. The molecule has 1 N–H and O–H groups in total. The molecule has 2 amide bonds. The molecule has 1 fully saturated rings. The van der Waals surface area contributed by atoms with E-state index in [4.69, 9.17) is 0 Å². The van der Waals surface area contributed by atoms with E-state index in [9.17, 15) is 14.4 Å². The highest BCUT2D eigenvalue weighted by molar-refractivity contribution is 6.04. The Balaban J connectivity index is 2.42. The van der Waals surface area contributed by atoms with Crippen molar-refractivity contribution in [3.8, 4) is 0 Å². The number of nitrogens with one attached hydrogen (secondary N) is 1. The molecule has 0 saturated carbocycles. The molecular weight excluding hydrogens is 252 g/mol. The van der Waals surface area contributed by atoms with Crippen LogP contribution in [0.1, 0.15) is 16.2 Å². The zero-order valence-corrected chi connectivity index (χ0v) is 10.5. The van der Waals surface area contributed by atoms with Crippen LogP contribution in [0.15, 0.2) is 6.20 Å². The number of carbonyl (C=O) groups is 3. The van der Waals surface area contributed by atoms with Crippen LogP contribution in [0.25, 0.3) is 0 Å². The Bertz CT molecular complexity index is 542. The summed E-state index contributed by atoms with van der Waals surface area (Å²) < 4.78 is 4.63. The summed E-state index contributed by atoms with van der Waals surface area (Å²) in [5, 5.41) is 2.18. The Morgan fingerprint density at radius 1 is 1.37 bits per heavy atom. The zero-order chi connectivity index (χ0) is 14.0. The first-order valence-corrected chi connectivity index (χ1v) is 5.51. The summed E-state index contributed by atoms with van der Waals surface area (Å²) in [6, 6.07) is 0. The van der Waals surface area contributed by atoms with Gasteiger partial charge < -0.3 is 9.64 Å². The summed E-state index contributed by atoms with van der Waals surface area (Å²) in [6.45, 7) is 1.55. The van der Waals surface area contributed by atoms with Crippen LogP contribution in [-0.4, -0.2) is 48.0 Å². The summed E-state index contributed by atoms with van der Waals surface area (Å²) in [6.07, 6.45) is 1.32. The molecule has 0 spiro atoms. The van der Waals surface area contributed by atoms with Crippen LogP contribution in [0.4, 0.5) is 5.82 Å². The molecule has 1 aromatic rings. The minimum Gasteiger partial charge on any atom is -0.465 e. The number of ether oxygens (including phenoxy) is 1. The maximum absolute atomic E-state index is 11.6. The Kier molecular flexibility index (Phi) is 3.41. The van der Waals surface area contributed by atoms with Crippen molar-refractivity contribution < 1.29 is 19.1 Å². The van der Waals surface area contributed by atoms with Crippen LogP contribution in [0.3, 0.4) is 0 Å². The average Bonchev–Trinajstić information content (AvgIpc) is 2.36. The fourth-order valence-corrected chi connectivity index (χ4v) is 1.74. The number of carbonyl (C=O) groups excluding carboxylic acids is 3. The Morgan fingerprint density at radius 2 is 2.00 bits per heavy atom. The molecule has 1 saturated heterocycles. The predicted molar refractivity (Wildman–Crippen MR) is 63.5 cm³/mol. The molecule has 100 valence electrons. The van der Waals surface area contributed by atoms with Crippen LogP contribution in [0.2, 0.25) is 0 Å². The maximum atomic E-state index is 11.6. The summed E-state index contributed by atoms with van der Waals surface area (Å²) in [5.74, 6) is -0.844. The van der Waals surface area contributed by atoms with Gasteiger partial charge in [-0.05, 0) is 6.92 Å². The van der Waals surface area contributed by atoms with Crippen LogP contribution >= 0.6 is 0 Å². The summed E-state index contributed by atoms with van der Waals surface area (Å²) in [7, 11) is 1.24. The van der Waals surface area contributed by atoms with E-state index in [0.29, 0.717) is 5.82 Å². The van der Waals surface area contributed by atoms with Gasteiger partial charge in [-0.1, -0.05) is 0 Å². The average molecular weight is 264 g/mol. The van der Waals surface area contributed by atoms with Crippen molar-refractivity contribution in [3.05, 3.63) is 17.6 Å². The number of esters is 1. The van der Waals surface area contributed by atoms with E-state index in [2.05, 4.69) is 20.0 Å². The van der Waals surface area contributed by atoms with Crippen molar-refractivity contribution in [2.75, 3.05) is 25.1 Å². The van der Waals surface area contributed by atoms with Crippen molar-refractivity contribution >= 4 is 23.6 Å². The molecule has 1 aromatic heterocycles. The smallest absolute Gasteiger partial charge is 0.343 e. The third kappa shape index (κ3) is 2.67. The van der Waals surface area contributed by atoms with Crippen molar-refractivity contribution in [1.82, 2.24) is 15.3 Å². The third-order valence-electron chi connectivity index (χ3n) is 2.54. The molecule has 0 bridgehead atoms. The van der Waals surface area contributed by atoms with Crippen molar-refractivity contribution in [1.29, 1.82) is 0 Å². The number of nitrogens with zero attached hydrogens (tertiary/aromatic N) is 3. The first-order chi connectivity index (χ1) is 9.01. The van der Waals surface area contributed by atoms with E-state index >= 15 is 0 Å². The quantitative estimate of drug-likeness (QED) is 0.542. The minimum atomic E-state index is -0.617. The summed E-state index contributed by atoms with van der Waals surface area (Å²) in [4.78, 5) is 43.8. The molecule has 0 unspecified atom stereocenters. The number of aryl methyl sites for hydroxylation is 1. The number of imide groups is 1. The number of aromatic nitrogens is 2. The van der Waals surface area contributed by atoms with E-state index in [-0.39, 0.29) is 24.5 Å². The van der Waals surface area contributed by atoms with Crippen molar-refractivity contribution in [2.24, 2.45) is 0 Å². The lowest BCUT2D eigenvalue weighted by atomic mass is 10.2. The number of hydrogen-bond acceptors (Lipinski definition) is 7. The molecule has 8 nitrogen and oxygen atoms in total. The SMILES string of the molecule is COC(=O)c1cnc(C)nc1N1CC(=O)NC(=O)C1. The highest BCUT2D eigenvalue weighted by atomic mass is 16.5. The van der Waals surface area contributed by atoms with Crippen molar-refractivity contribution in [2.45, 2.75) is 6.92 Å². The fraction of sp³-hybridized carbons (Fsp3) is 0.364. The van der Waals surface area contributed by atoms with E-state index in [0.717, 1.165) is 0 Å². The number of amides is 2. The van der Waals surface area contributed by atoms with Gasteiger partial charge in [0.2, 0.25) is 11.8 Å². The highest BCUT2D eigenvalue weighted by Gasteiger charge is 2.27. The molecule has 1 aliphatic rings. The van der Waals surface area contributed by atoms with Crippen molar-refractivity contribution in [3.63, 3.8) is 0 Å². The van der Waals surface area contributed by atoms with Gasteiger partial charge in [-0.2, -0.15) is 0 Å². The number of methoxy groups -OCH3 is 1. The van der Waals surface area contributed by atoms with E-state index < -0.39 is 17.8 Å². The Hall–Kier alpha value is -2.51. The number of piperazine rings is 1. The van der Waals surface area contributed by atoms with E-state index in [1.807, 2.05) is 0 Å². The van der Waals surface area contributed by atoms with E-state index in [1.165, 1.54) is 18.2 Å². The largest absolute Gasteiger partial charge is 0.465 e. The van der Waals surface area contributed by atoms with Gasteiger partial charge in [0.05, 0.1) is 20.2 Å². The normalized spacial score (nSPS) is 15.2. The predicted octanol–water partition coefficient (Wildman–Crippen LogP) is -0.966. The lowest BCUT2D eigenvalue weighted by Gasteiger charge is -2.27. The van der Waals surface area contributed by atoms with Gasteiger partial charge in [0, 0.05) is 6.20 Å². The van der Waals surface area contributed by atoms with Crippen LogP contribution in [0, 0.1) is 6.92 Å². The molecule has 0 aliphatic carbocycles. The topological polar surface area (TPSA) is 101 Å². The zero-order valence-electron chi connectivity index (χ0n) is 10.5. The van der Waals surface area contributed by atoms with Gasteiger partial charge in [0.15, 0.2) is 0 Å². The third-order valence-corrected chi connectivity index (χ3v) is 2.54. The highest BCUT2D eigenvalue weighted by Crippen LogP contribution is 2.19. The van der Waals surface area contributed by atoms with E-state index in [1.54, 1.807) is 6.92 Å². The van der Waals surface area contributed by atoms with Gasteiger partial charge in [-0.3, -0.25) is 14.9 Å². The van der Waals surface area contributed by atoms with Gasteiger partial charge in [-0.25, -0.2) is 14.8 Å². The van der Waals surface area contributed by atoms with Crippen LogP contribution in [-0.2, 0) is 14.3 Å². The number of anilines is 1. The Labute approximate surface area is 108 Å². The minimum absolute atomic E-state index is 0.0494. The molecule has 19 heavy (non-hydrogen) atoms. The first-order valence-electron chi connectivity index (χ1n) is 5.51. The second-order valence-corrected chi connectivity index (χ2v) is 3.97. The second-order valence-electron chi connectivity index (χ2n) is 3.97. The van der Waals surface area contributed by atoms with Crippen LogP contribution < -0.4 is 10.2 Å². The summed E-state index contributed by atoms with van der Waals surface area (Å²) >= 11 is 0. The lowest BCUT2D eigenvalue weighted by molar-refractivity contribution is -0.130. The fourth-order valence-electron chi connectivity index (χ4n) is 1.74. The molecule has 2 heterocycles. The molecule has 0 aromatic carbocycles. The molecule has 2 rings (SSSR count). The van der Waals surface area contributed by atoms with Gasteiger partial charge in [-0.15, -0.1) is 0 Å². The first kappa shape index (κ1) is 12.9. The van der Waals surface area contributed by atoms with Gasteiger partial charge in [0.1, 0.15) is 17.2 Å². The molecule has 1 aliphatic heterocycles. The van der Waals surface area contributed by atoms with Gasteiger partial charge >= 0.3 is 5.97 Å². The number of hydrogen-bond donors (Lipinski definition) is 1. The molecular formula is C11H12N4O4. The standard InChI is InChI=1S/C11H12N4O4/c1-6-12-3-7(11(18)19-2)10(13-6)15-4-8(16)14-9(17)5-15/h3H,4-5H2,1-2H3,(H,14,16,17). The Morgan fingerprint density at radius 3 is 2.58 bits per heavy atom. The van der Waals surface area contributed by atoms with Crippen LogP contribution in [0.5, 0.6) is 0 Å². The lowest BCUT2D eigenvalue weighted by Crippen LogP contribution is -2.52. The molecule has 8 heteroatoms. The van der Waals surface area contributed by atoms with Gasteiger partial charge in [0.25, 0.3) is 0 Å².